The van der Waals surface area contributed by atoms with Crippen LogP contribution in [0.5, 0.6) is 11.5 Å². The Kier molecular flexibility index (Phi) is 5.37. The van der Waals surface area contributed by atoms with E-state index in [-0.39, 0.29) is 27.7 Å². The molecule has 0 fully saturated rings. The van der Waals surface area contributed by atoms with Gasteiger partial charge >= 0.3 is 5.97 Å². The zero-order chi connectivity index (χ0) is 16.2. The van der Waals surface area contributed by atoms with Gasteiger partial charge in [-0.2, -0.15) is 0 Å². The van der Waals surface area contributed by atoms with Crippen molar-refractivity contribution in [2.45, 2.75) is 18.7 Å². The molecule has 0 amide bonds. The van der Waals surface area contributed by atoms with Gasteiger partial charge in [-0.3, -0.25) is 0 Å². The maximum Gasteiger partial charge on any atom is 0.339 e. The Hall–Kier alpha value is -2.02. The van der Waals surface area contributed by atoms with Crippen LogP contribution in [0.4, 0.5) is 0 Å². The molecule has 0 unspecified atom stereocenters. The number of benzene rings is 1. The first-order valence-electron chi connectivity index (χ1n) is 6.08. The van der Waals surface area contributed by atoms with Gasteiger partial charge in [0.2, 0.25) is 0 Å². The van der Waals surface area contributed by atoms with Crippen molar-refractivity contribution >= 4 is 15.8 Å². The Morgan fingerprint density at radius 2 is 1.86 bits per heavy atom. The second-order valence-corrected chi connectivity index (χ2v) is 6.61. The third kappa shape index (κ3) is 3.98. The predicted octanol–water partition coefficient (Wildman–Crippen LogP) is 2.14. The standard InChI is InChI=1S/C14H18O6S/c1-9(2)5-6-21(17,18)10-7-11(14(15)16)13(20-4)12(8-10)19-3/h5,7-8H,6H2,1-4H3,(H,15,16). The Morgan fingerprint density at radius 3 is 2.29 bits per heavy atom. The summed E-state index contributed by atoms with van der Waals surface area (Å²) in [4.78, 5) is 11.1. The number of ether oxygens (including phenoxy) is 2. The summed E-state index contributed by atoms with van der Waals surface area (Å²) in [7, 11) is -1.04. The Morgan fingerprint density at radius 1 is 1.24 bits per heavy atom. The van der Waals surface area contributed by atoms with Crippen molar-refractivity contribution < 1.29 is 27.8 Å². The van der Waals surface area contributed by atoms with E-state index in [1.807, 2.05) is 0 Å². The van der Waals surface area contributed by atoms with E-state index in [1.54, 1.807) is 19.9 Å². The molecular weight excluding hydrogens is 296 g/mol. The highest BCUT2D eigenvalue weighted by Crippen LogP contribution is 2.34. The maximum absolute atomic E-state index is 12.2. The monoisotopic (exact) mass is 314 g/mol. The lowest BCUT2D eigenvalue weighted by molar-refractivity contribution is 0.0692. The molecule has 0 bridgehead atoms. The van der Waals surface area contributed by atoms with Gasteiger partial charge in [0.05, 0.1) is 24.9 Å². The minimum absolute atomic E-state index is 0.00818. The summed E-state index contributed by atoms with van der Waals surface area (Å²) in [5.74, 6) is -1.44. The largest absolute Gasteiger partial charge is 0.493 e. The fourth-order valence-corrected chi connectivity index (χ4v) is 2.98. The molecule has 0 aromatic heterocycles. The number of methoxy groups -OCH3 is 2. The smallest absolute Gasteiger partial charge is 0.339 e. The summed E-state index contributed by atoms with van der Waals surface area (Å²) < 4.78 is 34.5. The number of aromatic carboxylic acids is 1. The molecule has 0 aliphatic heterocycles. The fraction of sp³-hybridized carbons (Fsp3) is 0.357. The fourth-order valence-electron chi connectivity index (χ4n) is 1.65. The van der Waals surface area contributed by atoms with E-state index in [2.05, 4.69) is 0 Å². The van der Waals surface area contributed by atoms with Gasteiger partial charge in [0.25, 0.3) is 0 Å². The van der Waals surface area contributed by atoms with E-state index >= 15 is 0 Å². The third-order valence-electron chi connectivity index (χ3n) is 2.75. The van der Waals surface area contributed by atoms with Gasteiger partial charge in [-0.15, -0.1) is 0 Å². The average molecular weight is 314 g/mol. The number of carboxylic acids is 1. The molecule has 0 aliphatic carbocycles. The van der Waals surface area contributed by atoms with Crippen molar-refractivity contribution in [1.29, 1.82) is 0 Å². The minimum atomic E-state index is -3.64. The SMILES string of the molecule is COc1cc(S(=O)(=O)CC=C(C)C)cc(C(=O)O)c1OC. The molecule has 6 nitrogen and oxygen atoms in total. The number of rotatable bonds is 6. The number of carbonyl (C=O) groups is 1. The van der Waals surface area contributed by atoms with Crippen molar-refractivity contribution in [1.82, 2.24) is 0 Å². The number of hydrogen-bond acceptors (Lipinski definition) is 5. The van der Waals surface area contributed by atoms with E-state index in [9.17, 15) is 18.3 Å². The molecule has 1 aromatic rings. The van der Waals surface area contributed by atoms with Gasteiger partial charge in [0, 0.05) is 6.07 Å². The van der Waals surface area contributed by atoms with Gasteiger partial charge in [-0.25, -0.2) is 13.2 Å². The topological polar surface area (TPSA) is 89.9 Å². The van der Waals surface area contributed by atoms with Crippen LogP contribution in [0.2, 0.25) is 0 Å². The summed E-state index contributed by atoms with van der Waals surface area (Å²) in [6.07, 6.45) is 1.56. The Labute approximate surface area is 123 Å². The average Bonchev–Trinajstić information content (AvgIpc) is 2.43. The number of hydrogen-bond donors (Lipinski definition) is 1. The van der Waals surface area contributed by atoms with Crippen molar-refractivity contribution in [2.75, 3.05) is 20.0 Å². The third-order valence-corrected chi connectivity index (χ3v) is 4.31. The molecule has 0 spiro atoms. The summed E-state index contributed by atoms with van der Waals surface area (Å²) >= 11 is 0. The molecule has 0 atom stereocenters. The molecule has 0 saturated carbocycles. The molecule has 116 valence electrons. The summed E-state index contributed by atoms with van der Waals surface area (Å²) in [5.41, 5.74) is 0.602. The van der Waals surface area contributed by atoms with Crippen LogP contribution in [-0.4, -0.2) is 39.5 Å². The van der Waals surface area contributed by atoms with E-state index in [1.165, 1.54) is 20.3 Å². The van der Waals surface area contributed by atoms with Crippen LogP contribution in [-0.2, 0) is 9.84 Å². The lowest BCUT2D eigenvalue weighted by Gasteiger charge is -2.12. The molecule has 0 radical (unpaired) electrons. The summed E-state index contributed by atoms with van der Waals surface area (Å²) in [5, 5.41) is 9.18. The molecule has 1 aromatic carbocycles. The first kappa shape index (κ1) is 17.0. The highest BCUT2D eigenvalue weighted by Gasteiger charge is 2.23. The highest BCUT2D eigenvalue weighted by molar-refractivity contribution is 7.91. The van der Waals surface area contributed by atoms with Crippen molar-refractivity contribution in [3.63, 3.8) is 0 Å². The van der Waals surface area contributed by atoms with Crippen LogP contribution < -0.4 is 9.47 Å². The number of allylic oxidation sites excluding steroid dienone is 1. The zero-order valence-electron chi connectivity index (χ0n) is 12.3. The van der Waals surface area contributed by atoms with Crippen molar-refractivity contribution in [2.24, 2.45) is 0 Å². The molecule has 0 heterocycles. The summed E-state index contributed by atoms with van der Waals surface area (Å²) in [6.45, 7) is 3.57. The van der Waals surface area contributed by atoms with E-state index < -0.39 is 15.8 Å². The van der Waals surface area contributed by atoms with Crippen LogP contribution in [0.3, 0.4) is 0 Å². The molecule has 0 aliphatic rings. The lowest BCUT2D eigenvalue weighted by Crippen LogP contribution is -2.09. The van der Waals surface area contributed by atoms with Crippen molar-refractivity contribution in [3.8, 4) is 11.5 Å². The molecule has 0 saturated heterocycles. The van der Waals surface area contributed by atoms with Gasteiger partial charge in [0.1, 0.15) is 5.56 Å². The van der Waals surface area contributed by atoms with Crippen LogP contribution in [0.25, 0.3) is 0 Å². The quantitative estimate of drug-likeness (QED) is 0.809. The normalized spacial score (nSPS) is 10.9. The zero-order valence-corrected chi connectivity index (χ0v) is 13.2. The molecule has 7 heteroatoms. The molecule has 21 heavy (non-hydrogen) atoms. The van der Waals surface area contributed by atoms with Crippen LogP contribution in [0, 0.1) is 0 Å². The molecule has 1 N–H and O–H groups in total. The van der Waals surface area contributed by atoms with Gasteiger partial charge in [-0.05, 0) is 19.9 Å². The first-order valence-corrected chi connectivity index (χ1v) is 7.73. The second kappa shape index (κ2) is 6.62. The lowest BCUT2D eigenvalue weighted by atomic mass is 10.2. The van der Waals surface area contributed by atoms with Gasteiger partial charge in [-0.1, -0.05) is 11.6 Å². The Balaban J connectivity index is 3.48. The summed E-state index contributed by atoms with van der Waals surface area (Å²) in [6, 6.07) is 2.34. The Bertz CT molecular complexity index is 669. The number of carboxylic acid groups (broad SMARTS) is 1. The molecule has 1 rings (SSSR count). The highest BCUT2D eigenvalue weighted by atomic mass is 32.2. The van der Waals surface area contributed by atoms with Crippen LogP contribution in [0.1, 0.15) is 24.2 Å². The minimum Gasteiger partial charge on any atom is -0.493 e. The first-order chi connectivity index (χ1) is 9.72. The van der Waals surface area contributed by atoms with E-state index in [0.717, 1.165) is 11.6 Å². The maximum atomic E-state index is 12.2. The van der Waals surface area contributed by atoms with Gasteiger partial charge in [0.15, 0.2) is 21.3 Å². The second-order valence-electron chi connectivity index (χ2n) is 4.57. The van der Waals surface area contributed by atoms with E-state index in [4.69, 9.17) is 9.47 Å². The van der Waals surface area contributed by atoms with Crippen LogP contribution in [0.15, 0.2) is 28.7 Å². The molecular formula is C14H18O6S. The van der Waals surface area contributed by atoms with Gasteiger partial charge < -0.3 is 14.6 Å². The van der Waals surface area contributed by atoms with Crippen molar-refractivity contribution in [3.05, 3.63) is 29.3 Å². The predicted molar refractivity (Wildman–Crippen MR) is 78.0 cm³/mol. The number of sulfone groups is 1. The van der Waals surface area contributed by atoms with Crippen LogP contribution >= 0.6 is 0 Å². The van der Waals surface area contributed by atoms with E-state index in [0.29, 0.717) is 0 Å².